The van der Waals surface area contributed by atoms with Crippen molar-refractivity contribution < 1.29 is 4.79 Å². The van der Waals surface area contributed by atoms with Gasteiger partial charge in [-0.1, -0.05) is 48.5 Å². The summed E-state index contributed by atoms with van der Waals surface area (Å²) in [4.78, 5) is 16.5. The van der Waals surface area contributed by atoms with Crippen LogP contribution < -0.4 is 5.32 Å². The fourth-order valence-corrected chi connectivity index (χ4v) is 2.52. The topological polar surface area (TPSA) is 42.0 Å². The monoisotopic (exact) mass is 302 g/mol. The number of pyridine rings is 1. The number of hydrogen-bond donors (Lipinski definition) is 1. The quantitative estimate of drug-likeness (QED) is 0.770. The molecule has 23 heavy (non-hydrogen) atoms. The van der Waals surface area contributed by atoms with Gasteiger partial charge in [0, 0.05) is 23.6 Å². The molecule has 0 atom stereocenters. The number of nitrogens with one attached hydrogen (secondary N) is 1. The SMILES string of the molecule is O=C(Nc1ccncc1)c1ccccc1CCc1ccccc1. The van der Waals surface area contributed by atoms with Crippen molar-refractivity contribution in [1.82, 2.24) is 4.98 Å². The summed E-state index contributed by atoms with van der Waals surface area (Å²) in [5, 5.41) is 2.92. The number of anilines is 1. The maximum Gasteiger partial charge on any atom is 0.255 e. The van der Waals surface area contributed by atoms with E-state index in [9.17, 15) is 4.79 Å². The van der Waals surface area contributed by atoms with Gasteiger partial charge in [-0.25, -0.2) is 0 Å². The van der Waals surface area contributed by atoms with E-state index in [0.29, 0.717) is 0 Å². The van der Waals surface area contributed by atoms with Gasteiger partial charge < -0.3 is 5.32 Å². The lowest BCUT2D eigenvalue weighted by atomic mass is 9.99. The number of amides is 1. The van der Waals surface area contributed by atoms with Gasteiger partial charge in [0.05, 0.1) is 0 Å². The average Bonchev–Trinajstić information content (AvgIpc) is 2.62. The van der Waals surface area contributed by atoms with E-state index in [2.05, 4.69) is 22.4 Å². The summed E-state index contributed by atoms with van der Waals surface area (Å²) in [6.45, 7) is 0. The third-order valence-corrected chi connectivity index (χ3v) is 3.73. The molecule has 0 unspecified atom stereocenters. The van der Waals surface area contributed by atoms with E-state index < -0.39 is 0 Å². The molecule has 3 rings (SSSR count). The first-order valence-corrected chi connectivity index (χ1v) is 7.66. The standard InChI is InChI=1S/C20H18N2O/c23-20(22-18-12-14-21-15-13-18)19-9-5-4-8-17(19)11-10-16-6-2-1-3-7-16/h1-9,12-15H,10-11H2,(H,21,22,23). The molecule has 1 aromatic heterocycles. The van der Waals surface area contributed by atoms with Crippen LogP contribution in [0.2, 0.25) is 0 Å². The number of nitrogens with zero attached hydrogens (tertiary/aromatic N) is 1. The minimum atomic E-state index is -0.0835. The number of carbonyl (C=O) groups excluding carboxylic acids is 1. The second-order valence-corrected chi connectivity index (χ2v) is 5.33. The van der Waals surface area contributed by atoms with Gasteiger partial charge in [-0.3, -0.25) is 9.78 Å². The molecule has 0 saturated carbocycles. The summed E-state index contributed by atoms with van der Waals surface area (Å²) in [5.74, 6) is -0.0835. The van der Waals surface area contributed by atoms with Crippen LogP contribution in [0, 0.1) is 0 Å². The Hall–Kier alpha value is -2.94. The molecule has 0 aliphatic heterocycles. The van der Waals surface area contributed by atoms with Crippen LogP contribution in [0.4, 0.5) is 5.69 Å². The lowest BCUT2D eigenvalue weighted by Gasteiger charge is -2.10. The van der Waals surface area contributed by atoms with Gasteiger partial charge in [0.1, 0.15) is 0 Å². The van der Waals surface area contributed by atoms with Gasteiger partial charge >= 0.3 is 0 Å². The van der Waals surface area contributed by atoms with Crippen LogP contribution in [0.5, 0.6) is 0 Å². The molecule has 3 aromatic rings. The molecule has 1 N–H and O–H groups in total. The molecule has 1 heterocycles. The second-order valence-electron chi connectivity index (χ2n) is 5.33. The van der Waals surface area contributed by atoms with E-state index in [1.807, 2.05) is 42.5 Å². The molecule has 0 bridgehead atoms. The molecular formula is C20H18N2O. The van der Waals surface area contributed by atoms with Crippen molar-refractivity contribution in [2.75, 3.05) is 5.32 Å². The summed E-state index contributed by atoms with van der Waals surface area (Å²) in [6, 6.07) is 21.6. The number of carbonyl (C=O) groups is 1. The lowest BCUT2D eigenvalue weighted by molar-refractivity contribution is 0.102. The molecule has 3 nitrogen and oxygen atoms in total. The Labute approximate surface area is 136 Å². The zero-order valence-corrected chi connectivity index (χ0v) is 12.8. The Morgan fingerprint density at radius 1 is 0.826 bits per heavy atom. The zero-order chi connectivity index (χ0) is 15.9. The fourth-order valence-electron chi connectivity index (χ4n) is 2.52. The third kappa shape index (κ3) is 4.04. The third-order valence-electron chi connectivity index (χ3n) is 3.73. The smallest absolute Gasteiger partial charge is 0.255 e. The van der Waals surface area contributed by atoms with E-state index in [4.69, 9.17) is 0 Å². The summed E-state index contributed by atoms with van der Waals surface area (Å²) in [5.41, 5.74) is 3.81. The van der Waals surface area contributed by atoms with Crippen LogP contribution in [0.1, 0.15) is 21.5 Å². The Morgan fingerprint density at radius 2 is 1.52 bits per heavy atom. The molecule has 3 heteroatoms. The second kappa shape index (κ2) is 7.36. The summed E-state index contributed by atoms with van der Waals surface area (Å²) >= 11 is 0. The predicted octanol–water partition coefficient (Wildman–Crippen LogP) is 4.12. The maximum absolute atomic E-state index is 12.5. The average molecular weight is 302 g/mol. The summed E-state index contributed by atoms with van der Waals surface area (Å²) < 4.78 is 0. The van der Waals surface area contributed by atoms with E-state index >= 15 is 0 Å². The van der Waals surface area contributed by atoms with Crippen molar-refractivity contribution in [2.45, 2.75) is 12.8 Å². The Kier molecular flexibility index (Phi) is 4.79. The normalized spacial score (nSPS) is 10.3. The lowest BCUT2D eigenvalue weighted by Crippen LogP contribution is -2.14. The van der Waals surface area contributed by atoms with Gasteiger partial charge in [-0.05, 0) is 42.2 Å². The maximum atomic E-state index is 12.5. The summed E-state index contributed by atoms with van der Waals surface area (Å²) in [6.07, 6.45) is 5.08. The largest absolute Gasteiger partial charge is 0.322 e. The Bertz CT molecular complexity index is 770. The predicted molar refractivity (Wildman–Crippen MR) is 92.5 cm³/mol. The van der Waals surface area contributed by atoms with Gasteiger partial charge in [0.25, 0.3) is 5.91 Å². The number of aryl methyl sites for hydroxylation is 2. The van der Waals surface area contributed by atoms with E-state index in [1.54, 1.807) is 24.5 Å². The Balaban J connectivity index is 1.73. The highest BCUT2D eigenvalue weighted by molar-refractivity contribution is 6.05. The first-order valence-electron chi connectivity index (χ1n) is 7.66. The molecule has 114 valence electrons. The van der Waals surface area contributed by atoms with Crippen molar-refractivity contribution in [2.24, 2.45) is 0 Å². The van der Waals surface area contributed by atoms with E-state index in [0.717, 1.165) is 29.7 Å². The van der Waals surface area contributed by atoms with E-state index in [-0.39, 0.29) is 5.91 Å². The number of rotatable bonds is 5. The van der Waals surface area contributed by atoms with E-state index in [1.165, 1.54) is 5.56 Å². The zero-order valence-electron chi connectivity index (χ0n) is 12.8. The minimum absolute atomic E-state index is 0.0835. The Morgan fingerprint density at radius 3 is 2.30 bits per heavy atom. The molecule has 1 amide bonds. The molecule has 0 fully saturated rings. The van der Waals surface area contributed by atoms with Crippen LogP contribution in [0.15, 0.2) is 79.1 Å². The van der Waals surface area contributed by atoms with Gasteiger partial charge in [-0.15, -0.1) is 0 Å². The van der Waals surface area contributed by atoms with Gasteiger partial charge in [0.15, 0.2) is 0 Å². The molecule has 0 radical (unpaired) electrons. The highest BCUT2D eigenvalue weighted by Gasteiger charge is 2.11. The van der Waals surface area contributed by atoms with Crippen molar-refractivity contribution in [3.8, 4) is 0 Å². The van der Waals surface area contributed by atoms with Crippen LogP contribution in [0.3, 0.4) is 0 Å². The van der Waals surface area contributed by atoms with Crippen LogP contribution >= 0.6 is 0 Å². The van der Waals surface area contributed by atoms with Crippen LogP contribution in [0.25, 0.3) is 0 Å². The van der Waals surface area contributed by atoms with Gasteiger partial charge in [0.2, 0.25) is 0 Å². The number of hydrogen-bond acceptors (Lipinski definition) is 2. The van der Waals surface area contributed by atoms with Crippen molar-refractivity contribution in [3.63, 3.8) is 0 Å². The van der Waals surface area contributed by atoms with Crippen LogP contribution in [-0.4, -0.2) is 10.9 Å². The molecule has 0 saturated heterocycles. The first-order chi connectivity index (χ1) is 11.3. The van der Waals surface area contributed by atoms with Crippen molar-refractivity contribution >= 4 is 11.6 Å². The molecule has 0 spiro atoms. The molecular weight excluding hydrogens is 284 g/mol. The summed E-state index contributed by atoms with van der Waals surface area (Å²) in [7, 11) is 0. The van der Waals surface area contributed by atoms with Crippen LogP contribution in [-0.2, 0) is 12.8 Å². The highest BCUT2D eigenvalue weighted by Crippen LogP contribution is 2.15. The minimum Gasteiger partial charge on any atom is -0.322 e. The highest BCUT2D eigenvalue weighted by atomic mass is 16.1. The number of benzene rings is 2. The van der Waals surface area contributed by atoms with Gasteiger partial charge in [-0.2, -0.15) is 0 Å². The van der Waals surface area contributed by atoms with Crippen molar-refractivity contribution in [3.05, 3.63) is 95.8 Å². The molecule has 0 aliphatic rings. The fraction of sp³-hybridized carbons (Fsp3) is 0.100. The molecule has 2 aromatic carbocycles. The molecule has 0 aliphatic carbocycles. The number of aromatic nitrogens is 1. The first kappa shape index (κ1) is 15.0. The van der Waals surface area contributed by atoms with Crippen molar-refractivity contribution in [1.29, 1.82) is 0 Å².